The van der Waals surface area contributed by atoms with E-state index in [1.165, 1.54) is 42.7 Å². The molecule has 9 heteroatoms. The topological polar surface area (TPSA) is 96.2 Å². The van der Waals surface area contributed by atoms with Crippen molar-refractivity contribution < 1.29 is 32.5 Å². The standard InChI is InChI=1S/C25H18FNO7/c26-15-1-4-17(5-2-15)34-23-13-33-21-12-18(6-7-19(21)25(23)29)32-14-24(28)27-16-3-8-20-22(11-16)31-10-9-30-20/h1-8,11-13H,9-10,14H2,(H,27,28). The van der Waals surface area contributed by atoms with E-state index in [0.717, 1.165) is 0 Å². The van der Waals surface area contributed by atoms with Crippen molar-refractivity contribution in [1.82, 2.24) is 0 Å². The fourth-order valence-corrected chi connectivity index (χ4v) is 3.35. The average molecular weight is 463 g/mol. The van der Waals surface area contributed by atoms with Gasteiger partial charge in [-0.1, -0.05) is 0 Å². The maximum absolute atomic E-state index is 13.1. The van der Waals surface area contributed by atoms with Crippen molar-refractivity contribution >= 4 is 22.6 Å². The molecule has 5 rings (SSSR count). The Hall–Kier alpha value is -4.53. The number of ether oxygens (including phenoxy) is 4. The summed E-state index contributed by atoms with van der Waals surface area (Å²) in [4.78, 5) is 25.0. The Morgan fingerprint density at radius 1 is 0.941 bits per heavy atom. The highest BCUT2D eigenvalue weighted by molar-refractivity contribution is 5.92. The van der Waals surface area contributed by atoms with Crippen molar-refractivity contribution in [2.75, 3.05) is 25.1 Å². The molecule has 0 saturated carbocycles. The minimum Gasteiger partial charge on any atom is -0.486 e. The fourth-order valence-electron chi connectivity index (χ4n) is 3.35. The van der Waals surface area contributed by atoms with Gasteiger partial charge in [-0.15, -0.1) is 0 Å². The summed E-state index contributed by atoms with van der Waals surface area (Å²) in [5, 5.41) is 3.00. The second kappa shape index (κ2) is 9.14. The number of carbonyl (C=O) groups excluding carboxylic acids is 1. The Balaban J connectivity index is 1.24. The van der Waals surface area contributed by atoms with E-state index < -0.39 is 11.2 Å². The average Bonchev–Trinajstić information content (AvgIpc) is 2.86. The number of benzene rings is 3. The normalized spacial score (nSPS) is 12.3. The Morgan fingerprint density at radius 3 is 2.53 bits per heavy atom. The molecule has 1 aliphatic heterocycles. The van der Waals surface area contributed by atoms with Crippen LogP contribution in [-0.2, 0) is 4.79 Å². The van der Waals surface area contributed by atoms with Gasteiger partial charge < -0.3 is 28.7 Å². The summed E-state index contributed by atoms with van der Waals surface area (Å²) < 4.78 is 40.6. The summed E-state index contributed by atoms with van der Waals surface area (Å²) >= 11 is 0. The van der Waals surface area contributed by atoms with Crippen LogP contribution in [0.25, 0.3) is 11.0 Å². The first kappa shape index (κ1) is 21.3. The summed E-state index contributed by atoms with van der Waals surface area (Å²) in [7, 11) is 0. The molecule has 1 amide bonds. The van der Waals surface area contributed by atoms with Gasteiger partial charge >= 0.3 is 0 Å². The lowest BCUT2D eigenvalue weighted by Gasteiger charge is -2.19. The van der Waals surface area contributed by atoms with Crippen molar-refractivity contribution in [2.24, 2.45) is 0 Å². The molecule has 0 spiro atoms. The van der Waals surface area contributed by atoms with Crippen molar-refractivity contribution in [3.05, 3.63) is 83.0 Å². The molecule has 1 aliphatic rings. The van der Waals surface area contributed by atoms with Gasteiger partial charge in [0.15, 0.2) is 18.1 Å². The molecule has 8 nitrogen and oxygen atoms in total. The zero-order chi connectivity index (χ0) is 23.5. The molecule has 0 bridgehead atoms. The third-order valence-electron chi connectivity index (χ3n) is 4.95. The van der Waals surface area contributed by atoms with Crippen LogP contribution in [-0.4, -0.2) is 25.7 Å². The Bertz CT molecular complexity index is 1420. The van der Waals surface area contributed by atoms with Crippen molar-refractivity contribution in [1.29, 1.82) is 0 Å². The van der Waals surface area contributed by atoms with Crippen LogP contribution in [0.3, 0.4) is 0 Å². The highest BCUT2D eigenvalue weighted by Gasteiger charge is 2.14. The number of fused-ring (bicyclic) bond motifs is 2. The number of nitrogens with one attached hydrogen (secondary N) is 1. The van der Waals surface area contributed by atoms with Crippen LogP contribution >= 0.6 is 0 Å². The number of halogens is 1. The molecule has 4 aromatic rings. The molecule has 0 aliphatic carbocycles. The van der Waals surface area contributed by atoms with Gasteiger partial charge in [0.05, 0.1) is 5.39 Å². The van der Waals surface area contributed by atoms with Crippen LogP contribution in [0.5, 0.6) is 28.7 Å². The summed E-state index contributed by atoms with van der Waals surface area (Å²) in [6, 6.07) is 15.0. The summed E-state index contributed by atoms with van der Waals surface area (Å²) in [5.74, 6) is 1.03. The molecule has 34 heavy (non-hydrogen) atoms. The van der Waals surface area contributed by atoms with Gasteiger partial charge in [-0.3, -0.25) is 9.59 Å². The molecule has 0 saturated heterocycles. The van der Waals surface area contributed by atoms with E-state index in [9.17, 15) is 14.0 Å². The van der Waals surface area contributed by atoms with Gasteiger partial charge in [0, 0.05) is 17.8 Å². The van der Waals surface area contributed by atoms with E-state index in [-0.39, 0.29) is 29.2 Å². The molecule has 0 atom stereocenters. The highest BCUT2D eigenvalue weighted by Crippen LogP contribution is 2.32. The van der Waals surface area contributed by atoms with Crippen LogP contribution < -0.4 is 29.7 Å². The second-order valence-electron chi connectivity index (χ2n) is 7.34. The van der Waals surface area contributed by atoms with Crippen LogP contribution in [0.4, 0.5) is 10.1 Å². The first-order chi connectivity index (χ1) is 16.5. The third kappa shape index (κ3) is 4.63. The van der Waals surface area contributed by atoms with Gasteiger partial charge in [0.1, 0.15) is 42.4 Å². The first-order valence-corrected chi connectivity index (χ1v) is 10.4. The lowest BCUT2D eigenvalue weighted by atomic mass is 10.2. The number of rotatable bonds is 6. The second-order valence-corrected chi connectivity index (χ2v) is 7.34. The molecule has 172 valence electrons. The van der Waals surface area contributed by atoms with E-state index in [0.29, 0.717) is 41.9 Å². The van der Waals surface area contributed by atoms with Crippen LogP contribution in [0.2, 0.25) is 0 Å². The zero-order valence-electron chi connectivity index (χ0n) is 17.7. The smallest absolute Gasteiger partial charge is 0.262 e. The molecular weight excluding hydrogens is 445 g/mol. The molecular formula is C25H18FNO7. The lowest BCUT2D eigenvalue weighted by molar-refractivity contribution is -0.118. The molecule has 0 radical (unpaired) electrons. The van der Waals surface area contributed by atoms with E-state index >= 15 is 0 Å². The molecule has 2 heterocycles. The highest BCUT2D eigenvalue weighted by atomic mass is 19.1. The quantitative estimate of drug-likeness (QED) is 0.449. The Morgan fingerprint density at radius 2 is 1.71 bits per heavy atom. The third-order valence-corrected chi connectivity index (χ3v) is 4.95. The van der Waals surface area contributed by atoms with Crippen molar-refractivity contribution in [2.45, 2.75) is 0 Å². The minimum atomic E-state index is -0.412. The minimum absolute atomic E-state index is 0.0356. The van der Waals surface area contributed by atoms with E-state index in [1.54, 1.807) is 24.3 Å². The van der Waals surface area contributed by atoms with Gasteiger partial charge in [-0.2, -0.15) is 0 Å². The predicted molar refractivity (Wildman–Crippen MR) is 121 cm³/mol. The number of hydrogen-bond donors (Lipinski definition) is 1. The van der Waals surface area contributed by atoms with Gasteiger partial charge in [-0.05, 0) is 48.5 Å². The number of hydrogen-bond acceptors (Lipinski definition) is 7. The molecule has 1 N–H and O–H groups in total. The van der Waals surface area contributed by atoms with Crippen molar-refractivity contribution in [3.63, 3.8) is 0 Å². The first-order valence-electron chi connectivity index (χ1n) is 10.4. The van der Waals surface area contributed by atoms with Crippen LogP contribution in [0.15, 0.2) is 76.1 Å². The molecule has 0 unspecified atom stereocenters. The van der Waals surface area contributed by atoms with E-state index in [2.05, 4.69) is 5.32 Å². The molecule has 0 fully saturated rings. The Labute approximate surface area is 192 Å². The van der Waals surface area contributed by atoms with Crippen LogP contribution in [0.1, 0.15) is 0 Å². The number of carbonyl (C=O) groups is 1. The van der Waals surface area contributed by atoms with Crippen LogP contribution in [0, 0.1) is 5.82 Å². The fraction of sp³-hybridized carbons (Fsp3) is 0.120. The van der Waals surface area contributed by atoms with E-state index in [1.807, 2.05) is 0 Å². The SMILES string of the molecule is O=C(COc1ccc2c(=O)c(Oc3ccc(F)cc3)coc2c1)Nc1ccc2c(c1)OCCO2. The lowest BCUT2D eigenvalue weighted by Crippen LogP contribution is -2.20. The number of amides is 1. The molecule has 1 aromatic heterocycles. The number of anilines is 1. The zero-order valence-corrected chi connectivity index (χ0v) is 17.7. The largest absolute Gasteiger partial charge is 0.486 e. The summed E-state index contributed by atoms with van der Waals surface area (Å²) in [6.45, 7) is 0.683. The van der Waals surface area contributed by atoms with Crippen molar-refractivity contribution in [3.8, 4) is 28.7 Å². The molecule has 3 aromatic carbocycles. The maximum atomic E-state index is 13.1. The summed E-state index contributed by atoms with van der Waals surface area (Å²) in [6.07, 6.45) is 1.17. The van der Waals surface area contributed by atoms with Gasteiger partial charge in [0.25, 0.3) is 5.91 Å². The van der Waals surface area contributed by atoms with Gasteiger partial charge in [-0.25, -0.2) is 4.39 Å². The van der Waals surface area contributed by atoms with Gasteiger partial charge in [0.2, 0.25) is 11.2 Å². The summed E-state index contributed by atoms with van der Waals surface area (Å²) in [5.41, 5.74) is 0.422. The predicted octanol–water partition coefficient (Wildman–Crippen LogP) is 4.51. The monoisotopic (exact) mass is 463 g/mol. The maximum Gasteiger partial charge on any atom is 0.262 e. The van der Waals surface area contributed by atoms with E-state index in [4.69, 9.17) is 23.4 Å². The Kier molecular flexibility index (Phi) is 5.73.